The summed E-state index contributed by atoms with van der Waals surface area (Å²) in [7, 11) is -2.15. The maximum Gasteiger partial charge on any atom is 0.711 e. The first-order valence-electron chi connectivity index (χ1n) is 8.10. The van der Waals surface area contributed by atoms with Gasteiger partial charge in [0, 0.05) is 6.42 Å². The molecule has 8 heteroatoms. The average molecular weight is 312 g/mol. The van der Waals surface area contributed by atoms with E-state index in [9.17, 15) is 4.79 Å². The van der Waals surface area contributed by atoms with Crippen LogP contribution in [0.25, 0.3) is 0 Å². The molecule has 7 nitrogen and oxygen atoms in total. The molecular formula is C14H21BO7. The zero-order valence-corrected chi connectivity index (χ0v) is 12.3. The lowest BCUT2D eigenvalue weighted by atomic mass is 9.74. The number of epoxide rings is 2. The SMILES string of the molecule is O=C(OB(O)O)OC1(CC2CCC3OC3C2)CCC2OC2C1. The largest absolute Gasteiger partial charge is 0.711 e. The molecule has 122 valence electrons. The van der Waals surface area contributed by atoms with Crippen molar-refractivity contribution in [1.29, 1.82) is 0 Å². The van der Waals surface area contributed by atoms with Gasteiger partial charge in [-0.25, -0.2) is 4.79 Å². The maximum absolute atomic E-state index is 11.7. The van der Waals surface area contributed by atoms with Crippen LogP contribution in [0, 0.1) is 5.92 Å². The second kappa shape index (κ2) is 5.37. The third kappa shape index (κ3) is 3.10. The van der Waals surface area contributed by atoms with E-state index in [-0.39, 0.29) is 6.10 Å². The van der Waals surface area contributed by atoms with E-state index in [4.69, 9.17) is 24.3 Å². The van der Waals surface area contributed by atoms with Crippen LogP contribution in [0.5, 0.6) is 0 Å². The summed E-state index contributed by atoms with van der Waals surface area (Å²) < 4.78 is 21.0. The minimum atomic E-state index is -2.15. The van der Waals surface area contributed by atoms with E-state index in [1.54, 1.807) is 0 Å². The molecule has 2 aliphatic carbocycles. The first-order valence-corrected chi connectivity index (χ1v) is 8.10. The molecule has 2 aliphatic heterocycles. The molecule has 2 heterocycles. The van der Waals surface area contributed by atoms with Crippen LogP contribution in [0.4, 0.5) is 4.79 Å². The summed E-state index contributed by atoms with van der Waals surface area (Å²) in [5.41, 5.74) is -0.615. The molecule has 0 radical (unpaired) electrons. The number of carbonyl (C=O) groups excluding carboxylic acids is 1. The van der Waals surface area contributed by atoms with Crippen molar-refractivity contribution in [2.24, 2.45) is 5.92 Å². The second-order valence-electron chi connectivity index (χ2n) is 7.03. The Morgan fingerprint density at radius 2 is 1.91 bits per heavy atom. The van der Waals surface area contributed by atoms with Crippen LogP contribution in [-0.2, 0) is 18.9 Å². The van der Waals surface area contributed by atoms with E-state index in [0.717, 1.165) is 38.5 Å². The van der Waals surface area contributed by atoms with Crippen molar-refractivity contribution in [3.05, 3.63) is 0 Å². The van der Waals surface area contributed by atoms with E-state index in [0.29, 0.717) is 30.7 Å². The van der Waals surface area contributed by atoms with Gasteiger partial charge in [-0.2, -0.15) is 0 Å². The van der Waals surface area contributed by atoms with Crippen LogP contribution in [0.15, 0.2) is 0 Å². The number of carbonyl (C=O) groups is 1. The van der Waals surface area contributed by atoms with Crippen molar-refractivity contribution in [3.8, 4) is 0 Å². The Morgan fingerprint density at radius 1 is 1.14 bits per heavy atom. The molecule has 2 saturated heterocycles. The molecule has 0 aromatic rings. The fourth-order valence-electron chi connectivity index (χ4n) is 4.29. The van der Waals surface area contributed by atoms with Crippen molar-refractivity contribution in [1.82, 2.24) is 0 Å². The zero-order valence-electron chi connectivity index (χ0n) is 12.3. The summed E-state index contributed by atoms with van der Waals surface area (Å²) in [6, 6.07) is 0. The Morgan fingerprint density at radius 3 is 2.64 bits per heavy atom. The van der Waals surface area contributed by atoms with Crippen molar-refractivity contribution in [2.45, 2.75) is 75.0 Å². The van der Waals surface area contributed by atoms with Crippen LogP contribution in [0.1, 0.15) is 44.9 Å². The molecule has 4 rings (SSSR count). The van der Waals surface area contributed by atoms with E-state index in [1.807, 2.05) is 0 Å². The van der Waals surface area contributed by atoms with Crippen LogP contribution in [-0.4, -0.2) is 53.5 Å². The highest BCUT2D eigenvalue weighted by Gasteiger charge is 2.54. The molecule has 0 aromatic carbocycles. The topological polar surface area (TPSA) is 101 Å². The summed E-state index contributed by atoms with van der Waals surface area (Å²) in [5.74, 6) is 0.464. The Bertz CT molecular complexity index is 458. The van der Waals surface area contributed by atoms with Gasteiger partial charge in [0.1, 0.15) is 5.60 Å². The average Bonchev–Trinajstić information content (AvgIpc) is 3.30. The molecule has 4 fully saturated rings. The molecule has 6 unspecified atom stereocenters. The minimum absolute atomic E-state index is 0.161. The summed E-state index contributed by atoms with van der Waals surface area (Å²) >= 11 is 0. The third-order valence-electron chi connectivity index (χ3n) is 5.42. The number of ether oxygens (including phenoxy) is 3. The smallest absolute Gasteiger partial charge is 0.452 e. The molecule has 0 aromatic heterocycles. The van der Waals surface area contributed by atoms with Gasteiger partial charge in [-0.3, -0.25) is 0 Å². The Kier molecular flexibility index (Phi) is 3.60. The summed E-state index contributed by atoms with van der Waals surface area (Å²) in [5, 5.41) is 17.5. The highest BCUT2D eigenvalue weighted by Crippen LogP contribution is 2.49. The zero-order chi connectivity index (χ0) is 15.3. The predicted molar refractivity (Wildman–Crippen MR) is 73.6 cm³/mol. The molecule has 6 atom stereocenters. The molecule has 2 N–H and O–H groups in total. The van der Waals surface area contributed by atoms with Gasteiger partial charge in [-0.05, 0) is 44.4 Å². The van der Waals surface area contributed by atoms with Gasteiger partial charge >= 0.3 is 13.5 Å². The number of rotatable bonds is 4. The van der Waals surface area contributed by atoms with Crippen molar-refractivity contribution in [2.75, 3.05) is 0 Å². The van der Waals surface area contributed by atoms with Gasteiger partial charge in [-0.1, -0.05) is 0 Å². The van der Waals surface area contributed by atoms with Gasteiger partial charge in [-0.15, -0.1) is 0 Å². The quantitative estimate of drug-likeness (QED) is 0.449. The Hall–Kier alpha value is -0.825. The molecule has 0 bridgehead atoms. The third-order valence-corrected chi connectivity index (χ3v) is 5.42. The van der Waals surface area contributed by atoms with Crippen LogP contribution >= 0.6 is 0 Å². The predicted octanol–water partition coefficient (Wildman–Crippen LogP) is 0.757. The molecule has 4 aliphatic rings. The molecule has 2 saturated carbocycles. The standard InChI is InChI=1S/C14H21BO7/c16-13(22-15(17)18)21-14(4-3-10-12(7-14)20-10)6-8-1-2-9-11(5-8)19-9/h8-12,17-18H,1-7H2. The fourth-order valence-corrected chi connectivity index (χ4v) is 4.29. The van der Waals surface area contributed by atoms with Gasteiger partial charge < -0.3 is 28.9 Å². The first-order chi connectivity index (χ1) is 10.5. The van der Waals surface area contributed by atoms with E-state index in [1.165, 1.54) is 0 Å². The number of hydrogen-bond donors (Lipinski definition) is 2. The van der Waals surface area contributed by atoms with Gasteiger partial charge in [0.05, 0.1) is 24.4 Å². The van der Waals surface area contributed by atoms with Crippen LogP contribution in [0.2, 0.25) is 0 Å². The van der Waals surface area contributed by atoms with E-state index in [2.05, 4.69) is 4.65 Å². The Balaban J connectivity index is 1.41. The van der Waals surface area contributed by atoms with Crippen molar-refractivity contribution in [3.63, 3.8) is 0 Å². The number of fused-ring (bicyclic) bond motifs is 2. The summed E-state index contributed by atoms with van der Waals surface area (Å²) in [6.07, 6.45) is 6.49. The van der Waals surface area contributed by atoms with E-state index >= 15 is 0 Å². The molecule has 0 spiro atoms. The normalized spacial score (nSPS) is 45.3. The highest BCUT2D eigenvalue weighted by atomic mass is 16.8. The second-order valence-corrected chi connectivity index (χ2v) is 7.03. The Labute approximate surface area is 129 Å². The minimum Gasteiger partial charge on any atom is -0.452 e. The lowest BCUT2D eigenvalue weighted by Crippen LogP contribution is -2.43. The number of hydrogen-bond acceptors (Lipinski definition) is 7. The maximum atomic E-state index is 11.7. The molecule has 0 amide bonds. The lowest BCUT2D eigenvalue weighted by molar-refractivity contribution is -0.0550. The van der Waals surface area contributed by atoms with Gasteiger partial charge in [0.2, 0.25) is 0 Å². The van der Waals surface area contributed by atoms with Gasteiger partial charge in [0.25, 0.3) is 0 Å². The molecule has 22 heavy (non-hydrogen) atoms. The lowest BCUT2D eigenvalue weighted by Gasteiger charge is -2.38. The monoisotopic (exact) mass is 312 g/mol. The highest BCUT2D eigenvalue weighted by molar-refractivity contribution is 6.35. The summed E-state index contributed by atoms with van der Waals surface area (Å²) in [4.78, 5) is 11.7. The van der Waals surface area contributed by atoms with Crippen molar-refractivity contribution < 1.29 is 33.7 Å². The van der Waals surface area contributed by atoms with Crippen molar-refractivity contribution >= 4 is 13.5 Å². The first kappa shape index (κ1) is 14.7. The van der Waals surface area contributed by atoms with Gasteiger partial charge in [0.15, 0.2) is 0 Å². The fraction of sp³-hybridized carbons (Fsp3) is 0.929. The van der Waals surface area contributed by atoms with Crippen LogP contribution in [0.3, 0.4) is 0 Å². The molecular weight excluding hydrogens is 291 g/mol. The van der Waals surface area contributed by atoms with Crippen LogP contribution < -0.4 is 0 Å². The summed E-state index contributed by atoms with van der Waals surface area (Å²) in [6.45, 7) is 0. The van der Waals surface area contributed by atoms with E-state index < -0.39 is 19.1 Å².